The molecule has 2 heterocycles. The minimum atomic E-state index is 0.326. The van der Waals surface area contributed by atoms with E-state index in [1.165, 1.54) is 32.9 Å². The van der Waals surface area contributed by atoms with Crippen molar-refractivity contribution in [2.45, 2.75) is 19.5 Å². The standard InChI is InChI=1S/C23H22N2O/c1-16(17-8-4-3-5-9-17)25-14-18-12-20-19-10-6-7-11-21(19)24(2)22(20)13-23(18)26-15-25/h3-13,16H,14-15H2,1-2H3. The summed E-state index contributed by atoms with van der Waals surface area (Å²) in [5, 5.41) is 2.61. The zero-order chi connectivity index (χ0) is 17.7. The summed E-state index contributed by atoms with van der Waals surface area (Å²) in [6.45, 7) is 3.78. The summed E-state index contributed by atoms with van der Waals surface area (Å²) in [4.78, 5) is 2.38. The molecule has 4 aromatic rings. The van der Waals surface area contributed by atoms with Crippen molar-refractivity contribution >= 4 is 21.8 Å². The molecule has 5 rings (SSSR count). The summed E-state index contributed by atoms with van der Waals surface area (Å²) in [7, 11) is 2.13. The smallest absolute Gasteiger partial charge is 0.142 e. The van der Waals surface area contributed by atoms with Gasteiger partial charge in [0, 0.05) is 47.6 Å². The lowest BCUT2D eigenvalue weighted by Crippen LogP contribution is -2.34. The van der Waals surface area contributed by atoms with Crippen LogP contribution in [0.2, 0.25) is 0 Å². The molecule has 0 fully saturated rings. The van der Waals surface area contributed by atoms with Gasteiger partial charge >= 0.3 is 0 Å². The predicted octanol–water partition coefficient (Wildman–Crippen LogP) is 5.24. The van der Waals surface area contributed by atoms with Crippen LogP contribution in [0.15, 0.2) is 66.7 Å². The van der Waals surface area contributed by atoms with Crippen molar-refractivity contribution in [1.82, 2.24) is 9.47 Å². The second-order valence-electron chi connectivity index (χ2n) is 7.16. The van der Waals surface area contributed by atoms with Crippen LogP contribution < -0.4 is 4.74 Å². The molecular formula is C23H22N2O. The molecule has 1 aromatic heterocycles. The van der Waals surface area contributed by atoms with Crippen molar-refractivity contribution in [3.05, 3.63) is 77.9 Å². The minimum absolute atomic E-state index is 0.326. The maximum absolute atomic E-state index is 6.15. The Balaban J connectivity index is 1.57. The van der Waals surface area contributed by atoms with E-state index in [9.17, 15) is 0 Å². The third-order valence-corrected chi connectivity index (χ3v) is 5.68. The average Bonchev–Trinajstić information content (AvgIpc) is 2.98. The molecule has 0 aliphatic carbocycles. The van der Waals surface area contributed by atoms with Crippen molar-refractivity contribution in [3.63, 3.8) is 0 Å². The number of para-hydroxylation sites is 1. The predicted molar refractivity (Wildman–Crippen MR) is 106 cm³/mol. The summed E-state index contributed by atoms with van der Waals surface area (Å²) in [6.07, 6.45) is 0. The zero-order valence-electron chi connectivity index (χ0n) is 15.1. The van der Waals surface area contributed by atoms with Crippen LogP contribution in [-0.4, -0.2) is 16.2 Å². The zero-order valence-corrected chi connectivity index (χ0v) is 15.1. The summed E-state index contributed by atoms with van der Waals surface area (Å²) in [5.41, 5.74) is 5.09. The Labute approximate surface area is 153 Å². The molecule has 0 bridgehead atoms. The van der Waals surface area contributed by atoms with Crippen LogP contribution in [0.1, 0.15) is 24.1 Å². The van der Waals surface area contributed by atoms with Gasteiger partial charge in [-0.25, -0.2) is 0 Å². The Hall–Kier alpha value is -2.78. The fourth-order valence-corrected chi connectivity index (χ4v) is 4.10. The van der Waals surface area contributed by atoms with Crippen LogP contribution in [-0.2, 0) is 13.6 Å². The molecule has 0 saturated heterocycles. The van der Waals surface area contributed by atoms with E-state index in [4.69, 9.17) is 4.74 Å². The number of benzene rings is 3. The number of ether oxygens (including phenoxy) is 1. The molecule has 0 N–H and O–H groups in total. The van der Waals surface area contributed by atoms with Crippen LogP contribution in [0, 0.1) is 0 Å². The van der Waals surface area contributed by atoms with Gasteiger partial charge in [-0.15, -0.1) is 0 Å². The Morgan fingerprint density at radius 1 is 0.885 bits per heavy atom. The fraction of sp³-hybridized carbons (Fsp3) is 0.217. The van der Waals surface area contributed by atoms with Gasteiger partial charge in [0.2, 0.25) is 0 Å². The van der Waals surface area contributed by atoms with E-state index in [-0.39, 0.29) is 0 Å². The molecule has 0 spiro atoms. The Morgan fingerprint density at radius 2 is 1.65 bits per heavy atom. The first-order valence-corrected chi connectivity index (χ1v) is 9.14. The first-order valence-electron chi connectivity index (χ1n) is 9.14. The normalized spacial score (nSPS) is 15.8. The summed E-state index contributed by atoms with van der Waals surface area (Å²) in [6, 6.07) is 24.1. The molecule has 0 radical (unpaired) electrons. The van der Waals surface area contributed by atoms with Crippen molar-refractivity contribution in [2.75, 3.05) is 6.73 Å². The molecule has 3 aromatic carbocycles. The monoisotopic (exact) mass is 342 g/mol. The van der Waals surface area contributed by atoms with E-state index in [2.05, 4.69) is 90.2 Å². The second-order valence-corrected chi connectivity index (χ2v) is 7.16. The molecule has 1 unspecified atom stereocenters. The number of aromatic nitrogens is 1. The summed E-state index contributed by atoms with van der Waals surface area (Å²) < 4.78 is 8.41. The molecule has 3 nitrogen and oxygen atoms in total. The highest BCUT2D eigenvalue weighted by molar-refractivity contribution is 6.08. The van der Waals surface area contributed by atoms with Crippen molar-refractivity contribution in [1.29, 1.82) is 0 Å². The van der Waals surface area contributed by atoms with Gasteiger partial charge in [-0.3, -0.25) is 4.90 Å². The fourth-order valence-electron chi connectivity index (χ4n) is 4.10. The number of hydrogen-bond donors (Lipinski definition) is 0. The highest BCUT2D eigenvalue weighted by Gasteiger charge is 2.24. The molecular weight excluding hydrogens is 320 g/mol. The maximum atomic E-state index is 6.15. The average molecular weight is 342 g/mol. The molecule has 0 amide bonds. The number of aryl methyl sites for hydroxylation is 1. The van der Waals surface area contributed by atoms with Gasteiger partial charge in [-0.2, -0.15) is 0 Å². The van der Waals surface area contributed by atoms with Gasteiger partial charge in [0.1, 0.15) is 12.5 Å². The summed E-state index contributed by atoms with van der Waals surface area (Å²) in [5.74, 6) is 1.01. The van der Waals surface area contributed by atoms with Crippen molar-refractivity contribution in [2.24, 2.45) is 7.05 Å². The van der Waals surface area contributed by atoms with Gasteiger partial charge in [0.05, 0.1) is 5.52 Å². The summed E-state index contributed by atoms with van der Waals surface area (Å²) >= 11 is 0. The largest absolute Gasteiger partial charge is 0.478 e. The number of rotatable bonds is 2. The third-order valence-electron chi connectivity index (χ3n) is 5.68. The van der Waals surface area contributed by atoms with Crippen LogP contribution in [0.4, 0.5) is 0 Å². The van der Waals surface area contributed by atoms with Gasteiger partial charge in [-0.1, -0.05) is 48.5 Å². The molecule has 0 saturated carbocycles. The van der Waals surface area contributed by atoms with Crippen LogP contribution >= 0.6 is 0 Å². The Kier molecular flexibility index (Phi) is 3.50. The van der Waals surface area contributed by atoms with E-state index in [1.54, 1.807) is 0 Å². The number of fused-ring (bicyclic) bond motifs is 4. The number of hydrogen-bond acceptors (Lipinski definition) is 2. The highest BCUT2D eigenvalue weighted by atomic mass is 16.5. The molecule has 1 aliphatic heterocycles. The van der Waals surface area contributed by atoms with Gasteiger partial charge in [-0.05, 0) is 24.6 Å². The third kappa shape index (κ3) is 2.31. The Bertz CT molecular complexity index is 1100. The molecule has 1 atom stereocenters. The van der Waals surface area contributed by atoms with E-state index >= 15 is 0 Å². The van der Waals surface area contributed by atoms with Crippen molar-refractivity contribution in [3.8, 4) is 5.75 Å². The first kappa shape index (κ1) is 15.5. The van der Waals surface area contributed by atoms with Gasteiger partial charge < -0.3 is 9.30 Å². The van der Waals surface area contributed by atoms with E-state index in [0.717, 1.165) is 12.3 Å². The van der Waals surface area contributed by atoms with Crippen LogP contribution in [0.3, 0.4) is 0 Å². The number of nitrogens with zero attached hydrogens (tertiary/aromatic N) is 2. The second kappa shape index (κ2) is 5.89. The van der Waals surface area contributed by atoms with E-state index in [1.807, 2.05) is 0 Å². The van der Waals surface area contributed by atoms with Gasteiger partial charge in [0.25, 0.3) is 0 Å². The minimum Gasteiger partial charge on any atom is -0.478 e. The van der Waals surface area contributed by atoms with Gasteiger partial charge in [0.15, 0.2) is 0 Å². The first-order chi connectivity index (χ1) is 12.7. The van der Waals surface area contributed by atoms with Crippen LogP contribution in [0.25, 0.3) is 21.8 Å². The Morgan fingerprint density at radius 3 is 2.50 bits per heavy atom. The molecule has 3 heteroatoms. The molecule has 1 aliphatic rings. The van der Waals surface area contributed by atoms with Crippen LogP contribution in [0.5, 0.6) is 5.75 Å². The maximum Gasteiger partial charge on any atom is 0.142 e. The lowest BCUT2D eigenvalue weighted by atomic mass is 10.0. The van der Waals surface area contributed by atoms with E-state index in [0.29, 0.717) is 12.8 Å². The van der Waals surface area contributed by atoms with E-state index < -0.39 is 0 Å². The quantitative estimate of drug-likeness (QED) is 0.495. The lowest BCUT2D eigenvalue weighted by molar-refractivity contribution is 0.0620. The molecule has 130 valence electrons. The van der Waals surface area contributed by atoms with Crippen molar-refractivity contribution < 1.29 is 4.74 Å². The lowest BCUT2D eigenvalue weighted by Gasteiger charge is -2.34. The molecule has 26 heavy (non-hydrogen) atoms. The highest BCUT2D eigenvalue weighted by Crippen LogP contribution is 2.37. The SMILES string of the molecule is CC(c1ccccc1)N1COc2cc3c(cc2C1)c1ccccc1n3C. The topological polar surface area (TPSA) is 17.4 Å².